The van der Waals surface area contributed by atoms with Gasteiger partial charge in [0.05, 0.1) is 24.2 Å². The molecule has 0 radical (unpaired) electrons. The van der Waals surface area contributed by atoms with Crippen molar-refractivity contribution in [3.8, 4) is 5.75 Å². The number of carbonyl (C=O) groups is 1. The van der Waals surface area contributed by atoms with Gasteiger partial charge in [-0.3, -0.25) is 9.89 Å². The third-order valence-corrected chi connectivity index (χ3v) is 6.84. The molecule has 9 heteroatoms. The highest BCUT2D eigenvalue weighted by atomic mass is 32.2. The molecule has 1 N–H and O–H groups in total. The second kappa shape index (κ2) is 6.73. The number of ether oxygens (including phenoxy) is 1. The molecule has 1 aliphatic rings. The number of carbonyl (C=O) groups excluding carboxylic acids is 1. The van der Waals surface area contributed by atoms with E-state index in [4.69, 9.17) is 4.74 Å². The molecule has 0 saturated carbocycles. The number of methoxy groups -OCH3 is 1. The molecule has 1 atom stereocenters. The van der Waals surface area contributed by atoms with Gasteiger partial charge in [-0.05, 0) is 32.9 Å². The highest BCUT2D eigenvalue weighted by molar-refractivity contribution is 7.89. The Kier molecular flexibility index (Phi) is 4.76. The summed E-state index contributed by atoms with van der Waals surface area (Å²) in [6.07, 6.45) is 0. The summed E-state index contributed by atoms with van der Waals surface area (Å²) < 4.78 is 32.7. The van der Waals surface area contributed by atoms with Gasteiger partial charge in [-0.25, -0.2) is 8.42 Å². The normalized spacial score (nSPS) is 19.0. The lowest BCUT2D eigenvalue weighted by atomic mass is 10.2. The number of para-hydroxylation sites is 2. The fraction of sp³-hybridized carbons (Fsp3) is 0.412. The fourth-order valence-electron chi connectivity index (χ4n) is 3.31. The smallest absolute Gasteiger partial charge is 0.247 e. The van der Waals surface area contributed by atoms with Gasteiger partial charge < -0.3 is 9.64 Å². The van der Waals surface area contributed by atoms with Crippen molar-refractivity contribution in [1.29, 1.82) is 0 Å². The van der Waals surface area contributed by atoms with Crippen LogP contribution in [0.15, 0.2) is 29.2 Å². The van der Waals surface area contributed by atoms with Crippen molar-refractivity contribution >= 4 is 21.6 Å². The van der Waals surface area contributed by atoms with E-state index < -0.39 is 16.1 Å². The molecule has 0 unspecified atom stereocenters. The minimum absolute atomic E-state index is 0.142. The number of aromatic amines is 1. The fourth-order valence-corrected chi connectivity index (χ4v) is 5.22. The number of nitrogens with zero attached hydrogens (tertiary/aromatic N) is 3. The van der Waals surface area contributed by atoms with Gasteiger partial charge in [-0.2, -0.15) is 9.40 Å². The third kappa shape index (κ3) is 2.86. The predicted octanol–water partition coefficient (Wildman–Crippen LogP) is 1.46. The number of benzene rings is 1. The predicted molar refractivity (Wildman–Crippen MR) is 96.8 cm³/mol. The number of amides is 1. The van der Waals surface area contributed by atoms with Crippen molar-refractivity contribution in [3.63, 3.8) is 0 Å². The lowest BCUT2D eigenvalue weighted by molar-refractivity contribution is -0.123. The second-order valence-electron chi connectivity index (χ2n) is 6.22. The number of H-pyrrole nitrogens is 1. The molecule has 1 aromatic heterocycles. The quantitative estimate of drug-likeness (QED) is 0.869. The minimum atomic E-state index is -3.82. The maximum absolute atomic E-state index is 13.1. The van der Waals surface area contributed by atoms with E-state index in [9.17, 15) is 13.2 Å². The van der Waals surface area contributed by atoms with Gasteiger partial charge in [-0.1, -0.05) is 12.1 Å². The molecular formula is C17H22N4O4S. The SMILES string of the molecule is COc1ccccc1N1CCN(S(=O)(=O)c2c(C)n[nH]c2C)[C@@H](C)C1=O. The lowest BCUT2D eigenvalue weighted by Crippen LogP contribution is -2.57. The summed E-state index contributed by atoms with van der Waals surface area (Å²) in [4.78, 5) is 14.6. The van der Waals surface area contributed by atoms with E-state index in [1.54, 1.807) is 37.8 Å². The van der Waals surface area contributed by atoms with Crippen LogP contribution < -0.4 is 9.64 Å². The molecule has 2 heterocycles. The summed E-state index contributed by atoms with van der Waals surface area (Å²) in [6.45, 7) is 5.33. The molecule has 1 amide bonds. The van der Waals surface area contributed by atoms with Crippen LogP contribution in [0.25, 0.3) is 0 Å². The molecule has 1 fully saturated rings. The molecule has 1 aromatic carbocycles. The van der Waals surface area contributed by atoms with E-state index in [1.807, 2.05) is 12.1 Å². The number of hydrogen-bond donors (Lipinski definition) is 1. The molecule has 8 nitrogen and oxygen atoms in total. The van der Waals surface area contributed by atoms with Crippen molar-refractivity contribution in [2.24, 2.45) is 0 Å². The molecule has 3 rings (SSSR count). The average Bonchev–Trinajstić information content (AvgIpc) is 2.96. The number of anilines is 1. The first kappa shape index (κ1) is 18.4. The van der Waals surface area contributed by atoms with Crippen molar-refractivity contribution in [2.45, 2.75) is 31.7 Å². The van der Waals surface area contributed by atoms with Crippen LogP contribution in [-0.4, -0.2) is 55.1 Å². The summed E-state index contributed by atoms with van der Waals surface area (Å²) in [6, 6.07) is 6.37. The summed E-state index contributed by atoms with van der Waals surface area (Å²) >= 11 is 0. The number of nitrogens with one attached hydrogen (secondary N) is 1. The first-order chi connectivity index (χ1) is 12.3. The lowest BCUT2D eigenvalue weighted by Gasteiger charge is -2.38. The van der Waals surface area contributed by atoms with E-state index >= 15 is 0 Å². The minimum Gasteiger partial charge on any atom is -0.495 e. The Morgan fingerprint density at radius 2 is 1.92 bits per heavy atom. The molecule has 26 heavy (non-hydrogen) atoms. The zero-order chi connectivity index (χ0) is 19.1. The Labute approximate surface area is 152 Å². The third-order valence-electron chi connectivity index (χ3n) is 4.60. The van der Waals surface area contributed by atoms with E-state index in [1.165, 1.54) is 11.4 Å². The van der Waals surface area contributed by atoms with E-state index in [0.717, 1.165) is 0 Å². The average molecular weight is 378 g/mol. The Morgan fingerprint density at radius 1 is 1.23 bits per heavy atom. The Morgan fingerprint density at radius 3 is 2.54 bits per heavy atom. The zero-order valence-electron chi connectivity index (χ0n) is 15.2. The largest absolute Gasteiger partial charge is 0.495 e. The summed E-state index contributed by atoms with van der Waals surface area (Å²) in [7, 11) is -2.28. The van der Waals surface area contributed by atoms with Gasteiger partial charge >= 0.3 is 0 Å². The first-order valence-corrected chi connectivity index (χ1v) is 9.71. The van der Waals surface area contributed by atoms with Crippen LogP contribution in [0.5, 0.6) is 5.75 Å². The van der Waals surface area contributed by atoms with Crippen molar-refractivity contribution in [2.75, 3.05) is 25.1 Å². The number of rotatable bonds is 4. The number of aryl methyl sites for hydroxylation is 2. The van der Waals surface area contributed by atoms with Crippen molar-refractivity contribution in [1.82, 2.24) is 14.5 Å². The number of hydrogen-bond acceptors (Lipinski definition) is 5. The molecule has 140 valence electrons. The van der Waals surface area contributed by atoms with Gasteiger partial charge in [0.2, 0.25) is 15.9 Å². The van der Waals surface area contributed by atoms with Crippen LogP contribution in [0.1, 0.15) is 18.3 Å². The summed E-state index contributed by atoms with van der Waals surface area (Å²) in [5.41, 5.74) is 1.50. The molecule has 0 bridgehead atoms. The van der Waals surface area contributed by atoms with Gasteiger partial charge in [0.1, 0.15) is 16.7 Å². The van der Waals surface area contributed by atoms with Crippen LogP contribution >= 0.6 is 0 Å². The maximum Gasteiger partial charge on any atom is 0.247 e. The highest BCUT2D eigenvalue weighted by Gasteiger charge is 2.41. The van der Waals surface area contributed by atoms with Crippen LogP contribution in [0.2, 0.25) is 0 Å². The molecule has 0 aliphatic carbocycles. The van der Waals surface area contributed by atoms with Gasteiger partial charge in [0.15, 0.2) is 0 Å². The molecule has 2 aromatic rings. The summed E-state index contributed by atoms with van der Waals surface area (Å²) in [5.74, 6) is 0.286. The molecule has 0 spiro atoms. The Balaban J connectivity index is 1.93. The van der Waals surface area contributed by atoms with Crippen LogP contribution in [0.4, 0.5) is 5.69 Å². The van der Waals surface area contributed by atoms with E-state index in [-0.39, 0.29) is 23.9 Å². The van der Waals surface area contributed by atoms with E-state index in [2.05, 4.69) is 10.2 Å². The standard InChI is InChI=1S/C17H22N4O4S/c1-11-16(12(2)19-18-11)26(23,24)21-10-9-20(17(22)13(21)3)14-7-5-6-8-15(14)25-4/h5-8,13H,9-10H2,1-4H3,(H,18,19)/t13-/m0/s1. The van der Waals surface area contributed by atoms with Crippen LogP contribution in [0, 0.1) is 13.8 Å². The Bertz CT molecular complexity index is 918. The number of sulfonamides is 1. The highest BCUT2D eigenvalue weighted by Crippen LogP contribution is 2.32. The van der Waals surface area contributed by atoms with Gasteiger partial charge in [-0.15, -0.1) is 0 Å². The number of piperazine rings is 1. The van der Waals surface area contributed by atoms with Crippen LogP contribution in [-0.2, 0) is 14.8 Å². The first-order valence-electron chi connectivity index (χ1n) is 8.26. The number of aromatic nitrogens is 2. The van der Waals surface area contributed by atoms with Crippen molar-refractivity contribution in [3.05, 3.63) is 35.7 Å². The molecular weight excluding hydrogens is 356 g/mol. The van der Waals surface area contributed by atoms with Gasteiger partial charge in [0.25, 0.3) is 0 Å². The maximum atomic E-state index is 13.1. The summed E-state index contributed by atoms with van der Waals surface area (Å²) in [5, 5.41) is 6.65. The van der Waals surface area contributed by atoms with E-state index in [0.29, 0.717) is 22.8 Å². The topological polar surface area (TPSA) is 95.6 Å². The monoisotopic (exact) mass is 378 g/mol. The zero-order valence-corrected chi connectivity index (χ0v) is 16.0. The molecule has 1 saturated heterocycles. The second-order valence-corrected chi connectivity index (χ2v) is 8.04. The van der Waals surface area contributed by atoms with Crippen LogP contribution in [0.3, 0.4) is 0 Å². The Hall–Kier alpha value is -2.39. The van der Waals surface area contributed by atoms with Crippen molar-refractivity contribution < 1.29 is 17.9 Å². The van der Waals surface area contributed by atoms with Gasteiger partial charge in [0, 0.05) is 13.1 Å². The molecule has 1 aliphatic heterocycles.